The molecule has 17 heavy (non-hydrogen) atoms. The number of carbonyl (C=O) groups is 1. The molecule has 0 amide bonds. The summed E-state index contributed by atoms with van der Waals surface area (Å²) in [5.41, 5.74) is 3.90. The van der Waals surface area contributed by atoms with Gasteiger partial charge in [-0.25, -0.2) is 0 Å². The number of carbonyl (C=O) groups excluding carboxylic acids is 1. The Morgan fingerprint density at radius 1 is 1.18 bits per heavy atom. The lowest BCUT2D eigenvalue weighted by atomic mass is 10.1. The Balaban J connectivity index is 2.41. The molecule has 0 saturated carbocycles. The van der Waals surface area contributed by atoms with Crippen LogP contribution < -0.4 is 4.74 Å². The number of hydrogen-bond acceptors (Lipinski definition) is 3. The minimum Gasteiger partial charge on any atom is -0.496 e. The number of ketones is 1. The third kappa shape index (κ3) is 1.22. The number of fused-ring (bicyclic) bond motifs is 3. The van der Waals surface area contributed by atoms with Gasteiger partial charge >= 0.3 is 0 Å². The van der Waals surface area contributed by atoms with Gasteiger partial charge in [-0.3, -0.25) is 9.78 Å². The largest absolute Gasteiger partial charge is 0.496 e. The molecule has 0 radical (unpaired) electrons. The summed E-state index contributed by atoms with van der Waals surface area (Å²) < 4.78 is 5.31. The first-order valence-corrected chi connectivity index (χ1v) is 5.41. The Morgan fingerprint density at radius 2 is 2.00 bits per heavy atom. The van der Waals surface area contributed by atoms with Crippen molar-refractivity contribution in [2.45, 2.75) is 6.92 Å². The van der Waals surface area contributed by atoms with E-state index in [1.807, 2.05) is 31.2 Å². The zero-order valence-electron chi connectivity index (χ0n) is 9.65. The highest BCUT2D eigenvalue weighted by molar-refractivity contribution is 6.22. The minimum absolute atomic E-state index is 0.0412. The quantitative estimate of drug-likeness (QED) is 0.639. The fourth-order valence-corrected chi connectivity index (χ4v) is 2.30. The highest BCUT2D eigenvalue weighted by Gasteiger charge is 2.31. The number of methoxy groups -OCH3 is 1. The topological polar surface area (TPSA) is 39.2 Å². The van der Waals surface area contributed by atoms with Gasteiger partial charge in [-0.15, -0.1) is 0 Å². The summed E-state index contributed by atoms with van der Waals surface area (Å²) in [4.78, 5) is 16.6. The summed E-state index contributed by atoms with van der Waals surface area (Å²) in [5.74, 6) is 0.743. The molecule has 1 heterocycles. The van der Waals surface area contributed by atoms with Crippen molar-refractivity contribution in [3.05, 3.63) is 47.2 Å². The molecule has 0 bridgehead atoms. The van der Waals surface area contributed by atoms with Crippen LogP contribution in [-0.2, 0) is 0 Å². The second kappa shape index (κ2) is 3.42. The predicted molar refractivity (Wildman–Crippen MR) is 64.4 cm³/mol. The van der Waals surface area contributed by atoms with E-state index in [-0.39, 0.29) is 5.78 Å². The zero-order valence-corrected chi connectivity index (χ0v) is 9.65. The van der Waals surface area contributed by atoms with E-state index < -0.39 is 0 Å². The van der Waals surface area contributed by atoms with Crippen LogP contribution in [0.5, 0.6) is 5.75 Å². The maximum absolute atomic E-state index is 12.3. The van der Waals surface area contributed by atoms with E-state index in [2.05, 4.69) is 4.98 Å². The average Bonchev–Trinajstić information content (AvgIpc) is 2.65. The molecule has 0 saturated heterocycles. The van der Waals surface area contributed by atoms with Gasteiger partial charge in [-0.1, -0.05) is 12.1 Å². The van der Waals surface area contributed by atoms with E-state index in [0.29, 0.717) is 16.9 Å². The van der Waals surface area contributed by atoms with Crippen LogP contribution in [0.3, 0.4) is 0 Å². The first kappa shape index (κ1) is 10.0. The Hall–Kier alpha value is -2.16. The van der Waals surface area contributed by atoms with Gasteiger partial charge in [0.15, 0.2) is 5.78 Å². The predicted octanol–water partition coefficient (Wildman–Crippen LogP) is 2.61. The Morgan fingerprint density at radius 3 is 2.76 bits per heavy atom. The summed E-state index contributed by atoms with van der Waals surface area (Å²) in [5, 5.41) is 0. The molecule has 3 nitrogen and oxygen atoms in total. The van der Waals surface area contributed by atoms with Crippen LogP contribution in [0.25, 0.3) is 11.3 Å². The molecule has 0 aliphatic heterocycles. The molecule has 0 unspecified atom stereocenters. The molecule has 1 aliphatic carbocycles. The van der Waals surface area contributed by atoms with Crippen molar-refractivity contribution in [1.29, 1.82) is 0 Å². The Kier molecular flexibility index (Phi) is 2.01. The number of aromatic nitrogens is 1. The molecule has 2 aromatic rings. The zero-order chi connectivity index (χ0) is 12.0. The van der Waals surface area contributed by atoms with Crippen LogP contribution in [-0.4, -0.2) is 17.9 Å². The van der Waals surface area contributed by atoms with Gasteiger partial charge < -0.3 is 4.74 Å². The summed E-state index contributed by atoms with van der Waals surface area (Å²) in [6.45, 7) is 1.93. The first-order chi connectivity index (χ1) is 8.24. The summed E-state index contributed by atoms with van der Waals surface area (Å²) >= 11 is 0. The van der Waals surface area contributed by atoms with Crippen LogP contribution >= 0.6 is 0 Å². The van der Waals surface area contributed by atoms with E-state index in [1.165, 1.54) is 0 Å². The SMILES string of the molecule is COc1cccc2c1-c1nccc(C)c1C2=O. The van der Waals surface area contributed by atoms with Gasteiger partial charge in [0, 0.05) is 11.8 Å². The number of rotatable bonds is 1. The number of hydrogen-bond donors (Lipinski definition) is 0. The monoisotopic (exact) mass is 225 g/mol. The molecule has 3 rings (SSSR count). The van der Waals surface area contributed by atoms with Crippen molar-refractivity contribution in [3.8, 4) is 17.0 Å². The Labute approximate surface area is 99.1 Å². The number of benzene rings is 1. The van der Waals surface area contributed by atoms with Gasteiger partial charge in [-0.2, -0.15) is 0 Å². The van der Waals surface area contributed by atoms with Crippen molar-refractivity contribution < 1.29 is 9.53 Å². The second-order valence-corrected chi connectivity index (χ2v) is 4.06. The molecule has 1 aliphatic rings. The smallest absolute Gasteiger partial charge is 0.196 e. The molecule has 84 valence electrons. The summed E-state index contributed by atoms with van der Waals surface area (Å²) in [6.07, 6.45) is 1.73. The molecule has 0 atom stereocenters. The summed E-state index contributed by atoms with van der Waals surface area (Å²) in [7, 11) is 1.61. The lowest BCUT2D eigenvalue weighted by Crippen LogP contribution is -1.98. The van der Waals surface area contributed by atoms with Gasteiger partial charge in [0.05, 0.1) is 23.9 Å². The van der Waals surface area contributed by atoms with Gasteiger partial charge in [0.25, 0.3) is 0 Å². The third-order valence-electron chi connectivity index (χ3n) is 3.11. The van der Waals surface area contributed by atoms with E-state index in [9.17, 15) is 4.79 Å². The van der Waals surface area contributed by atoms with Crippen molar-refractivity contribution in [1.82, 2.24) is 4.98 Å². The number of ether oxygens (including phenoxy) is 1. The highest BCUT2D eigenvalue weighted by atomic mass is 16.5. The fraction of sp³-hybridized carbons (Fsp3) is 0.143. The molecule has 0 fully saturated rings. The standard InChI is InChI=1S/C14H11NO2/c1-8-6-7-15-13-11(8)14(16)9-4-3-5-10(17-2)12(9)13/h3-7H,1-2H3. The molecular formula is C14H11NO2. The van der Waals surface area contributed by atoms with E-state index >= 15 is 0 Å². The van der Waals surface area contributed by atoms with E-state index in [1.54, 1.807) is 13.3 Å². The summed E-state index contributed by atoms with van der Waals surface area (Å²) in [6, 6.07) is 7.36. The van der Waals surface area contributed by atoms with Crippen molar-refractivity contribution in [3.63, 3.8) is 0 Å². The molecule has 0 N–H and O–H groups in total. The van der Waals surface area contributed by atoms with Crippen LogP contribution in [0, 0.1) is 6.92 Å². The number of aryl methyl sites for hydroxylation is 1. The molecule has 0 spiro atoms. The van der Waals surface area contributed by atoms with Crippen LogP contribution in [0.4, 0.5) is 0 Å². The van der Waals surface area contributed by atoms with Crippen molar-refractivity contribution in [2.24, 2.45) is 0 Å². The lowest BCUT2D eigenvalue weighted by molar-refractivity contribution is 0.104. The van der Waals surface area contributed by atoms with Crippen LogP contribution in [0.2, 0.25) is 0 Å². The van der Waals surface area contributed by atoms with Crippen LogP contribution in [0.1, 0.15) is 21.5 Å². The maximum Gasteiger partial charge on any atom is 0.196 e. The normalized spacial score (nSPS) is 12.2. The second-order valence-electron chi connectivity index (χ2n) is 4.06. The number of pyridine rings is 1. The molecule has 1 aromatic heterocycles. The maximum atomic E-state index is 12.3. The van der Waals surface area contributed by atoms with E-state index in [0.717, 1.165) is 16.8 Å². The van der Waals surface area contributed by atoms with E-state index in [4.69, 9.17) is 4.74 Å². The third-order valence-corrected chi connectivity index (χ3v) is 3.11. The van der Waals surface area contributed by atoms with Gasteiger partial charge in [0.2, 0.25) is 0 Å². The highest BCUT2D eigenvalue weighted by Crippen LogP contribution is 2.41. The van der Waals surface area contributed by atoms with Crippen LogP contribution in [0.15, 0.2) is 30.5 Å². The van der Waals surface area contributed by atoms with Crippen molar-refractivity contribution >= 4 is 5.78 Å². The Bertz CT molecular complexity index is 632. The van der Waals surface area contributed by atoms with Gasteiger partial charge in [-0.05, 0) is 24.6 Å². The fourth-order valence-electron chi connectivity index (χ4n) is 2.30. The average molecular weight is 225 g/mol. The molecular weight excluding hydrogens is 214 g/mol. The van der Waals surface area contributed by atoms with Gasteiger partial charge in [0.1, 0.15) is 5.75 Å². The molecule has 3 heteroatoms. The number of nitrogens with zero attached hydrogens (tertiary/aromatic N) is 1. The molecule has 1 aromatic carbocycles. The first-order valence-electron chi connectivity index (χ1n) is 5.41. The lowest BCUT2D eigenvalue weighted by Gasteiger charge is -2.06. The minimum atomic E-state index is 0.0412. The van der Waals surface area contributed by atoms with Crippen molar-refractivity contribution in [2.75, 3.05) is 7.11 Å².